The number of carboxylic acids is 1. The minimum atomic E-state index is -1.25. The van der Waals surface area contributed by atoms with E-state index in [4.69, 9.17) is 15.0 Å². The van der Waals surface area contributed by atoms with Gasteiger partial charge in [0.2, 0.25) is 0 Å². The lowest BCUT2D eigenvalue weighted by Crippen LogP contribution is -1.92. The molecule has 6 heteroatoms. The maximum atomic E-state index is 11.0. The molecule has 1 aliphatic rings. The van der Waals surface area contributed by atoms with Crippen LogP contribution in [0.25, 0.3) is 0 Å². The number of methoxy groups -OCH3 is 1. The van der Waals surface area contributed by atoms with E-state index in [1.807, 2.05) is 0 Å². The molecule has 1 aliphatic carbocycles. The highest BCUT2D eigenvalue weighted by molar-refractivity contribution is 5.80. The van der Waals surface area contributed by atoms with Crippen LogP contribution in [-0.4, -0.2) is 35.2 Å². The Balaban J connectivity index is 0. The van der Waals surface area contributed by atoms with Gasteiger partial charge < -0.3 is 14.9 Å². The number of hydrogen-bond acceptors (Lipinski definition) is 4. The normalized spacial score (nSPS) is 15.4. The lowest BCUT2D eigenvalue weighted by Gasteiger charge is -1.99. The Morgan fingerprint density at radius 3 is 2.04 bits per heavy atom. The van der Waals surface area contributed by atoms with Crippen molar-refractivity contribution in [3.63, 3.8) is 0 Å². The fourth-order valence-corrected chi connectivity index (χ4v) is 2.69. The zero-order valence-electron chi connectivity index (χ0n) is 18.0. The molecule has 28 heavy (non-hydrogen) atoms. The number of Topliss-reactive ketones (excluding diaryl/α,β-unsaturated/α-hetero) is 1. The van der Waals surface area contributed by atoms with E-state index in [9.17, 15) is 9.59 Å². The number of carbonyl (C=O) groups is 3. The van der Waals surface area contributed by atoms with Crippen molar-refractivity contribution in [3.8, 4) is 0 Å². The highest BCUT2D eigenvalue weighted by atomic mass is 16.6. The van der Waals surface area contributed by atoms with E-state index in [1.165, 1.54) is 38.5 Å². The first-order valence-electron chi connectivity index (χ1n) is 10.5. The van der Waals surface area contributed by atoms with Crippen LogP contribution in [-0.2, 0) is 14.3 Å². The molecule has 0 spiro atoms. The Labute approximate surface area is 170 Å². The number of ketones is 1. The van der Waals surface area contributed by atoms with Gasteiger partial charge in [-0.05, 0) is 31.6 Å². The van der Waals surface area contributed by atoms with E-state index in [0.29, 0.717) is 18.1 Å². The maximum Gasteiger partial charge on any atom is 0.505 e. The molecule has 0 bridgehead atoms. The zero-order valence-corrected chi connectivity index (χ0v) is 18.0. The van der Waals surface area contributed by atoms with Crippen LogP contribution in [0.5, 0.6) is 0 Å². The number of hydrogen-bond donors (Lipinski definition) is 2. The molecule has 6 nitrogen and oxygen atoms in total. The van der Waals surface area contributed by atoms with Gasteiger partial charge in [0.25, 0.3) is 0 Å². The zero-order chi connectivity index (χ0) is 21.6. The van der Waals surface area contributed by atoms with Gasteiger partial charge in [-0.15, -0.1) is 0 Å². The van der Waals surface area contributed by atoms with E-state index < -0.39 is 12.1 Å². The number of carbonyl (C=O) groups excluding carboxylic acids is 1. The van der Waals surface area contributed by atoms with Crippen molar-refractivity contribution in [2.45, 2.75) is 97.3 Å². The molecule has 0 aromatic rings. The Hall–Kier alpha value is -1.85. The van der Waals surface area contributed by atoms with Gasteiger partial charge in [0.15, 0.2) is 0 Å². The van der Waals surface area contributed by atoms with Crippen LogP contribution in [0.2, 0.25) is 0 Å². The smallest absolute Gasteiger partial charge is 0.481 e. The van der Waals surface area contributed by atoms with Crippen molar-refractivity contribution in [2.24, 2.45) is 5.92 Å². The minimum absolute atomic E-state index is 0.333. The monoisotopic (exact) mass is 400 g/mol. The number of ether oxygens (including phenoxy) is 1. The van der Waals surface area contributed by atoms with Crippen LogP contribution in [0.3, 0.4) is 0 Å². The lowest BCUT2D eigenvalue weighted by molar-refractivity contribution is -0.137. The van der Waals surface area contributed by atoms with Crippen molar-refractivity contribution in [1.29, 1.82) is 0 Å². The predicted molar refractivity (Wildman–Crippen MR) is 112 cm³/mol. The molecule has 0 aromatic heterocycles. The van der Waals surface area contributed by atoms with Crippen LogP contribution in [0.15, 0.2) is 12.2 Å². The van der Waals surface area contributed by atoms with Crippen molar-refractivity contribution >= 4 is 17.9 Å². The first-order valence-corrected chi connectivity index (χ1v) is 10.5. The molecule has 1 unspecified atom stereocenters. The molecule has 0 amide bonds. The average Bonchev–Trinajstić information content (AvgIpc) is 3.08. The highest BCUT2D eigenvalue weighted by Crippen LogP contribution is 2.23. The summed E-state index contributed by atoms with van der Waals surface area (Å²) in [5.41, 5.74) is 0. The molecule has 0 radical (unpaired) electrons. The van der Waals surface area contributed by atoms with Crippen LogP contribution >= 0.6 is 0 Å². The molecule has 1 rings (SSSR count). The van der Waals surface area contributed by atoms with Gasteiger partial charge in [-0.3, -0.25) is 9.59 Å². The molecule has 2 N–H and O–H groups in total. The summed E-state index contributed by atoms with van der Waals surface area (Å²) in [4.78, 5) is 30.1. The number of aliphatic carboxylic acids is 1. The number of allylic oxidation sites excluding steroid dienone is 2. The minimum Gasteiger partial charge on any atom is -0.481 e. The van der Waals surface area contributed by atoms with Crippen LogP contribution < -0.4 is 0 Å². The first-order chi connectivity index (χ1) is 13.4. The Morgan fingerprint density at radius 2 is 1.61 bits per heavy atom. The van der Waals surface area contributed by atoms with Crippen molar-refractivity contribution in [2.75, 3.05) is 7.11 Å². The van der Waals surface area contributed by atoms with Crippen LogP contribution in [0.1, 0.15) is 97.3 Å². The van der Waals surface area contributed by atoms with Crippen molar-refractivity contribution in [3.05, 3.63) is 12.2 Å². The molecule has 0 heterocycles. The standard InChI is InChI=1S/C13H22O.C7H14O2.C2H4O3/c1-2-3-4-5-6-7-8-12-9-10-13(14)11-12;1-2-3-4-5-6-7(8)9;1-5-2(3)4/h7-8,12H,2-6,9-11H2,1H3;2-6H2,1H3,(H,8,9);1H3,(H,3,4)/b8-7+;;. The third-order valence-electron chi connectivity index (χ3n) is 4.34. The summed E-state index contributed by atoms with van der Waals surface area (Å²) in [6, 6.07) is 0. The molecule has 1 atom stereocenters. The summed E-state index contributed by atoms with van der Waals surface area (Å²) in [6.07, 6.45) is 17.1. The van der Waals surface area contributed by atoms with Gasteiger partial charge >= 0.3 is 12.1 Å². The third kappa shape index (κ3) is 24.1. The summed E-state index contributed by atoms with van der Waals surface area (Å²) in [7, 11) is 1.10. The van der Waals surface area contributed by atoms with Gasteiger partial charge in [-0.2, -0.15) is 0 Å². The van der Waals surface area contributed by atoms with Gasteiger partial charge in [0.05, 0.1) is 7.11 Å². The fraction of sp³-hybridized carbons (Fsp3) is 0.773. The summed E-state index contributed by atoms with van der Waals surface area (Å²) in [6.45, 7) is 4.35. The highest BCUT2D eigenvalue weighted by Gasteiger charge is 2.18. The fourth-order valence-electron chi connectivity index (χ4n) is 2.69. The average molecular weight is 401 g/mol. The topological polar surface area (TPSA) is 101 Å². The molecule has 0 aliphatic heterocycles. The first kappa shape index (κ1) is 28.4. The van der Waals surface area contributed by atoms with E-state index in [-0.39, 0.29) is 0 Å². The van der Waals surface area contributed by atoms with Crippen LogP contribution in [0.4, 0.5) is 4.79 Å². The van der Waals surface area contributed by atoms with Gasteiger partial charge in [-0.1, -0.05) is 64.5 Å². The Morgan fingerprint density at radius 1 is 1.04 bits per heavy atom. The van der Waals surface area contributed by atoms with Crippen molar-refractivity contribution in [1.82, 2.24) is 0 Å². The number of rotatable bonds is 11. The Kier molecular flexibility index (Phi) is 21.7. The maximum absolute atomic E-state index is 11.0. The van der Waals surface area contributed by atoms with Crippen LogP contribution in [0, 0.1) is 5.92 Å². The molecule has 1 saturated carbocycles. The predicted octanol–water partition coefficient (Wildman–Crippen LogP) is 6.23. The third-order valence-corrected chi connectivity index (χ3v) is 4.34. The van der Waals surface area contributed by atoms with Gasteiger partial charge in [-0.25, -0.2) is 4.79 Å². The van der Waals surface area contributed by atoms with E-state index >= 15 is 0 Å². The molecular formula is C22H40O6. The van der Waals surface area contributed by atoms with Gasteiger partial charge in [0.1, 0.15) is 5.78 Å². The lowest BCUT2D eigenvalue weighted by atomic mass is 10.1. The molecule has 0 saturated heterocycles. The SMILES string of the molecule is CCCCCC/C=C/C1CCC(=O)C1.CCCCCCC(=O)O.COC(=O)O. The van der Waals surface area contributed by atoms with E-state index in [0.717, 1.165) is 45.6 Å². The molecule has 164 valence electrons. The second kappa shape index (κ2) is 21.5. The number of unbranched alkanes of at least 4 members (excludes halogenated alkanes) is 7. The summed E-state index contributed by atoms with van der Waals surface area (Å²) in [5.74, 6) is 0.338. The summed E-state index contributed by atoms with van der Waals surface area (Å²) in [5, 5.41) is 15.7. The largest absolute Gasteiger partial charge is 0.505 e. The van der Waals surface area contributed by atoms with Crippen molar-refractivity contribution < 1.29 is 29.3 Å². The molecule has 0 aromatic carbocycles. The quantitative estimate of drug-likeness (QED) is 0.242. The van der Waals surface area contributed by atoms with Gasteiger partial charge in [0, 0.05) is 19.3 Å². The van der Waals surface area contributed by atoms with E-state index in [1.54, 1.807) is 0 Å². The second-order valence-corrected chi connectivity index (χ2v) is 6.99. The second-order valence-electron chi connectivity index (χ2n) is 6.99. The Bertz CT molecular complexity index is 431. The molecular weight excluding hydrogens is 360 g/mol. The molecule has 1 fully saturated rings. The summed E-state index contributed by atoms with van der Waals surface area (Å²) < 4.78 is 3.67. The van der Waals surface area contributed by atoms with E-state index in [2.05, 4.69) is 30.7 Å². The number of carboxylic acid groups (broad SMARTS) is 2. The summed E-state index contributed by atoms with van der Waals surface area (Å²) >= 11 is 0.